The fourth-order valence-corrected chi connectivity index (χ4v) is 1.70. The molecule has 0 atom stereocenters. The van der Waals surface area contributed by atoms with E-state index in [1.165, 1.54) is 7.11 Å². The van der Waals surface area contributed by atoms with Crippen LogP contribution in [0.25, 0.3) is 11.0 Å². The highest BCUT2D eigenvalue weighted by molar-refractivity contribution is 5.75. The van der Waals surface area contributed by atoms with Crippen LogP contribution in [-0.2, 0) is 23.1 Å². The van der Waals surface area contributed by atoms with Crippen LogP contribution >= 0.6 is 0 Å². The third-order valence-corrected chi connectivity index (χ3v) is 2.66. The number of rotatable bonds is 4. The number of fused-ring (bicyclic) bond motifs is 1. The summed E-state index contributed by atoms with van der Waals surface area (Å²) >= 11 is 0. The standard InChI is InChI=1S/C12H15N3O2/c1-15-10-6-4-3-5-9(10)14-11(15)7-13-8-12(16)17-2/h3-6,13H,7-8H2,1-2H3. The lowest BCUT2D eigenvalue weighted by molar-refractivity contribution is -0.139. The van der Waals surface area contributed by atoms with Crippen molar-refractivity contribution in [3.63, 3.8) is 0 Å². The number of methoxy groups -OCH3 is 1. The zero-order chi connectivity index (χ0) is 12.3. The van der Waals surface area contributed by atoms with Gasteiger partial charge < -0.3 is 9.30 Å². The summed E-state index contributed by atoms with van der Waals surface area (Å²) < 4.78 is 6.56. The van der Waals surface area contributed by atoms with E-state index < -0.39 is 0 Å². The van der Waals surface area contributed by atoms with Gasteiger partial charge in [-0.05, 0) is 12.1 Å². The molecule has 0 fully saturated rings. The normalized spacial score (nSPS) is 10.7. The van der Waals surface area contributed by atoms with Gasteiger partial charge in [-0.25, -0.2) is 4.98 Å². The summed E-state index contributed by atoms with van der Waals surface area (Å²) in [5, 5.41) is 3.00. The fraction of sp³-hybridized carbons (Fsp3) is 0.333. The molecule has 17 heavy (non-hydrogen) atoms. The quantitative estimate of drug-likeness (QED) is 0.795. The molecule has 0 saturated heterocycles. The molecule has 0 aliphatic heterocycles. The lowest BCUT2D eigenvalue weighted by Crippen LogP contribution is -2.24. The first-order valence-corrected chi connectivity index (χ1v) is 5.40. The van der Waals surface area contributed by atoms with Crippen molar-refractivity contribution >= 4 is 17.0 Å². The Bertz CT molecular complexity index is 534. The van der Waals surface area contributed by atoms with Gasteiger partial charge in [-0.1, -0.05) is 12.1 Å². The maximum Gasteiger partial charge on any atom is 0.319 e. The predicted octanol–water partition coefficient (Wildman–Crippen LogP) is 0.836. The number of ether oxygens (including phenoxy) is 1. The van der Waals surface area contributed by atoms with E-state index in [1.54, 1.807) is 0 Å². The van der Waals surface area contributed by atoms with Gasteiger partial charge in [-0.15, -0.1) is 0 Å². The van der Waals surface area contributed by atoms with Crippen molar-refractivity contribution in [1.29, 1.82) is 0 Å². The van der Waals surface area contributed by atoms with Crippen molar-refractivity contribution in [3.05, 3.63) is 30.1 Å². The van der Waals surface area contributed by atoms with Gasteiger partial charge in [0.2, 0.25) is 0 Å². The van der Waals surface area contributed by atoms with Crippen LogP contribution in [0.3, 0.4) is 0 Å². The molecule has 1 aromatic carbocycles. The molecule has 1 aromatic heterocycles. The Hall–Kier alpha value is -1.88. The molecular formula is C12H15N3O2. The van der Waals surface area contributed by atoms with Crippen LogP contribution in [0.15, 0.2) is 24.3 Å². The Balaban J connectivity index is 2.09. The van der Waals surface area contributed by atoms with Crippen LogP contribution in [-0.4, -0.2) is 29.2 Å². The number of hydrogen-bond donors (Lipinski definition) is 1. The minimum atomic E-state index is -0.274. The molecule has 0 aliphatic carbocycles. The number of benzene rings is 1. The zero-order valence-electron chi connectivity index (χ0n) is 9.93. The molecule has 5 heteroatoms. The molecule has 0 amide bonds. The molecule has 0 radical (unpaired) electrons. The number of para-hydroxylation sites is 2. The number of aryl methyl sites for hydroxylation is 1. The molecule has 1 N–H and O–H groups in total. The van der Waals surface area contributed by atoms with Crippen LogP contribution in [0.2, 0.25) is 0 Å². The first kappa shape index (κ1) is 11.6. The molecular weight excluding hydrogens is 218 g/mol. The van der Waals surface area contributed by atoms with Crippen molar-refractivity contribution in [1.82, 2.24) is 14.9 Å². The topological polar surface area (TPSA) is 56.1 Å². The lowest BCUT2D eigenvalue weighted by Gasteiger charge is -2.03. The molecule has 2 aromatic rings. The zero-order valence-corrected chi connectivity index (χ0v) is 9.93. The third kappa shape index (κ3) is 2.45. The number of carbonyl (C=O) groups is 1. The van der Waals surface area contributed by atoms with E-state index in [0.29, 0.717) is 6.54 Å². The number of nitrogens with one attached hydrogen (secondary N) is 1. The Morgan fingerprint density at radius 3 is 2.94 bits per heavy atom. The summed E-state index contributed by atoms with van der Waals surface area (Å²) in [7, 11) is 3.34. The highest BCUT2D eigenvalue weighted by Crippen LogP contribution is 2.13. The van der Waals surface area contributed by atoms with Gasteiger partial charge in [0.1, 0.15) is 5.82 Å². The smallest absolute Gasteiger partial charge is 0.319 e. The van der Waals surface area contributed by atoms with E-state index >= 15 is 0 Å². The van der Waals surface area contributed by atoms with Gasteiger partial charge in [0.25, 0.3) is 0 Å². The van der Waals surface area contributed by atoms with Gasteiger partial charge in [0, 0.05) is 7.05 Å². The molecule has 0 spiro atoms. The number of hydrogen-bond acceptors (Lipinski definition) is 4. The second-order valence-electron chi connectivity index (χ2n) is 3.76. The summed E-state index contributed by atoms with van der Waals surface area (Å²) in [4.78, 5) is 15.4. The summed E-state index contributed by atoms with van der Waals surface area (Å²) in [6.07, 6.45) is 0. The Morgan fingerprint density at radius 1 is 1.47 bits per heavy atom. The van der Waals surface area contributed by atoms with Crippen LogP contribution < -0.4 is 5.32 Å². The minimum Gasteiger partial charge on any atom is -0.468 e. The summed E-state index contributed by atoms with van der Waals surface area (Å²) in [6.45, 7) is 0.736. The molecule has 90 valence electrons. The average molecular weight is 233 g/mol. The Morgan fingerprint density at radius 2 is 2.24 bits per heavy atom. The monoisotopic (exact) mass is 233 g/mol. The van der Waals surface area contributed by atoms with Crippen LogP contribution in [0.5, 0.6) is 0 Å². The van der Waals surface area contributed by atoms with E-state index in [1.807, 2.05) is 35.9 Å². The Labute approximate surface area is 99.4 Å². The molecule has 0 unspecified atom stereocenters. The van der Waals surface area contributed by atoms with Crippen molar-refractivity contribution in [2.45, 2.75) is 6.54 Å². The van der Waals surface area contributed by atoms with Crippen molar-refractivity contribution in [2.75, 3.05) is 13.7 Å². The van der Waals surface area contributed by atoms with E-state index in [0.717, 1.165) is 16.9 Å². The number of carbonyl (C=O) groups excluding carboxylic acids is 1. The SMILES string of the molecule is COC(=O)CNCc1nc2ccccc2n1C. The minimum absolute atomic E-state index is 0.194. The van der Waals surface area contributed by atoms with Crippen molar-refractivity contribution in [3.8, 4) is 0 Å². The van der Waals surface area contributed by atoms with Crippen LogP contribution in [0, 0.1) is 0 Å². The number of imidazole rings is 1. The maximum atomic E-state index is 10.9. The summed E-state index contributed by atoms with van der Waals surface area (Å²) in [5.74, 6) is 0.624. The lowest BCUT2D eigenvalue weighted by atomic mass is 10.3. The van der Waals surface area contributed by atoms with Gasteiger partial charge in [0.05, 0.1) is 31.2 Å². The summed E-state index contributed by atoms with van der Waals surface area (Å²) in [5.41, 5.74) is 2.05. The molecule has 0 aliphatic rings. The van der Waals surface area contributed by atoms with Gasteiger partial charge in [0.15, 0.2) is 0 Å². The maximum absolute atomic E-state index is 10.9. The van der Waals surface area contributed by atoms with Crippen molar-refractivity contribution in [2.24, 2.45) is 7.05 Å². The number of nitrogens with zero attached hydrogens (tertiary/aromatic N) is 2. The second kappa shape index (κ2) is 4.97. The molecule has 0 bridgehead atoms. The van der Waals surface area contributed by atoms with Gasteiger partial charge in [-0.3, -0.25) is 10.1 Å². The third-order valence-electron chi connectivity index (χ3n) is 2.66. The van der Waals surface area contributed by atoms with E-state index in [2.05, 4.69) is 15.0 Å². The highest BCUT2D eigenvalue weighted by Gasteiger charge is 2.07. The molecule has 5 nitrogen and oxygen atoms in total. The molecule has 1 heterocycles. The first-order chi connectivity index (χ1) is 8.22. The summed E-state index contributed by atoms with van der Waals surface area (Å²) in [6, 6.07) is 7.93. The fourth-order valence-electron chi connectivity index (χ4n) is 1.70. The highest BCUT2D eigenvalue weighted by atomic mass is 16.5. The van der Waals surface area contributed by atoms with E-state index in [9.17, 15) is 4.79 Å². The largest absolute Gasteiger partial charge is 0.468 e. The van der Waals surface area contributed by atoms with Gasteiger partial charge >= 0.3 is 5.97 Å². The molecule has 2 rings (SSSR count). The molecule has 0 saturated carbocycles. The number of aromatic nitrogens is 2. The van der Waals surface area contributed by atoms with Crippen molar-refractivity contribution < 1.29 is 9.53 Å². The second-order valence-corrected chi connectivity index (χ2v) is 3.76. The predicted molar refractivity (Wildman–Crippen MR) is 64.4 cm³/mol. The van der Waals surface area contributed by atoms with Crippen LogP contribution in [0.1, 0.15) is 5.82 Å². The first-order valence-electron chi connectivity index (χ1n) is 5.40. The average Bonchev–Trinajstić information content (AvgIpc) is 2.67. The van der Waals surface area contributed by atoms with Gasteiger partial charge in [-0.2, -0.15) is 0 Å². The number of esters is 1. The van der Waals surface area contributed by atoms with E-state index in [4.69, 9.17) is 0 Å². The van der Waals surface area contributed by atoms with Crippen LogP contribution in [0.4, 0.5) is 0 Å². The van der Waals surface area contributed by atoms with E-state index in [-0.39, 0.29) is 12.5 Å². The Kier molecular flexibility index (Phi) is 3.39.